The molecule has 1 saturated heterocycles. The van der Waals surface area contributed by atoms with Crippen LogP contribution in [0.4, 0.5) is 0 Å². The summed E-state index contributed by atoms with van der Waals surface area (Å²) in [5, 5.41) is 51.3. The van der Waals surface area contributed by atoms with Gasteiger partial charge < -0.3 is 54.0 Å². The highest BCUT2D eigenvalue weighted by Gasteiger charge is 2.67. The second kappa shape index (κ2) is 10.3. The molecular weight excluding hydrogens is 476 g/mol. The van der Waals surface area contributed by atoms with Crippen LogP contribution in [-0.2, 0) is 42.8 Å². The molecule has 0 unspecified atom stereocenters. The first-order valence-electron chi connectivity index (χ1n) is 10.8. The van der Waals surface area contributed by atoms with Crippen LogP contribution in [0.15, 0.2) is 11.8 Å². The fourth-order valence-corrected chi connectivity index (χ4v) is 4.82. The summed E-state index contributed by atoms with van der Waals surface area (Å²) in [6, 6.07) is 0. The Labute approximate surface area is 199 Å². The van der Waals surface area contributed by atoms with Gasteiger partial charge in [0.25, 0.3) is 0 Å². The molecule has 0 aromatic rings. The lowest BCUT2D eigenvalue weighted by molar-refractivity contribution is -0.347. The van der Waals surface area contributed by atoms with E-state index in [1.807, 2.05) is 0 Å². The standard InChI is InChI=1S/C21H30O14/c1-7(23)32-16-11-9(18(28)30-4)6-31-19(12(11)21(3,29)17(16)33-8(2)24)35-20-15(27)14(26)13(25)10(5-22)34-20/h6,10-17,19-20,22,25-27,29H,5H2,1-4H3/t10-,11-,12-,13-,14+,15-,16+,17+,19+,20+,21-/m1/s1. The Kier molecular flexibility index (Phi) is 8.06. The summed E-state index contributed by atoms with van der Waals surface area (Å²) in [5.74, 6) is -4.88. The first kappa shape index (κ1) is 27.3. The van der Waals surface area contributed by atoms with Gasteiger partial charge in [-0.2, -0.15) is 0 Å². The largest absolute Gasteiger partial charge is 0.471 e. The van der Waals surface area contributed by atoms with E-state index in [1.165, 1.54) is 6.92 Å². The highest BCUT2D eigenvalue weighted by molar-refractivity contribution is 5.89. The molecule has 2 fully saturated rings. The summed E-state index contributed by atoms with van der Waals surface area (Å²) in [7, 11) is 1.10. The van der Waals surface area contributed by atoms with E-state index in [1.54, 1.807) is 0 Å². The van der Waals surface area contributed by atoms with Crippen LogP contribution >= 0.6 is 0 Å². The van der Waals surface area contributed by atoms with Crippen molar-refractivity contribution in [1.29, 1.82) is 0 Å². The molecular formula is C21H30O14. The van der Waals surface area contributed by atoms with Gasteiger partial charge in [-0.05, 0) is 6.92 Å². The molecule has 198 valence electrons. The van der Waals surface area contributed by atoms with E-state index >= 15 is 0 Å². The lowest BCUT2D eigenvalue weighted by Crippen LogP contribution is -2.61. The van der Waals surface area contributed by atoms with E-state index in [0.717, 1.165) is 27.2 Å². The Morgan fingerprint density at radius 1 is 1.03 bits per heavy atom. The molecule has 5 N–H and O–H groups in total. The minimum Gasteiger partial charge on any atom is -0.471 e. The number of esters is 3. The van der Waals surface area contributed by atoms with Crippen molar-refractivity contribution in [3.8, 4) is 0 Å². The van der Waals surface area contributed by atoms with Crippen LogP contribution < -0.4 is 0 Å². The molecule has 0 aromatic carbocycles. The summed E-state index contributed by atoms with van der Waals surface area (Å²) >= 11 is 0. The molecule has 2 aliphatic heterocycles. The zero-order valence-electron chi connectivity index (χ0n) is 19.5. The molecule has 0 radical (unpaired) electrons. The van der Waals surface area contributed by atoms with Gasteiger partial charge >= 0.3 is 17.9 Å². The average molecular weight is 506 g/mol. The number of hydrogen-bond acceptors (Lipinski definition) is 14. The van der Waals surface area contributed by atoms with E-state index in [-0.39, 0.29) is 5.57 Å². The quantitative estimate of drug-likeness (QED) is 0.181. The topological polar surface area (TPSA) is 208 Å². The molecule has 0 spiro atoms. The number of aliphatic hydroxyl groups is 5. The van der Waals surface area contributed by atoms with E-state index in [9.17, 15) is 39.9 Å². The normalized spacial score (nSPS) is 42.8. The van der Waals surface area contributed by atoms with Gasteiger partial charge in [0.05, 0.1) is 31.5 Å². The van der Waals surface area contributed by atoms with Gasteiger partial charge in [0, 0.05) is 19.8 Å². The number of carbonyl (C=O) groups excluding carboxylic acids is 3. The molecule has 35 heavy (non-hydrogen) atoms. The smallest absolute Gasteiger partial charge is 0.337 e. The van der Waals surface area contributed by atoms with Crippen LogP contribution in [0.5, 0.6) is 0 Å². The van der Waals surface area contributed by atoms with Gasteiger partial charge in [-0.15, -0.1) is 0 Å². The monoisotopic (exact) mass is 506 g/mol. The first-order chi connectivity index (χ1) is 16.3. The molecule has 1 aliphatic carbocycles. The number of carbonyl (C=O) groups is 3. The predicted molar refractivity (Wildman–Crippen MR) is 109 cm³/mol. The van der Waals surface area contributed by atoms with Gasteiger partial charge in [0.1, 0.15) is 36.1 Å². The Balaban J connectivity index is 2.02. The van der Waals surface area contributed by atoms with E-state index < -0.39 is 91.2 Å². The highest BCUT2D eigenvalue weighted by atomic mass is 16.8. The van der Waals surface area contributed by atoms with Gasteiger partial charge in [-0.1, -0.05) is 0 Å². The van der Waals surface area contributed by atoms with Crippen molar-refractivity contribution in [3.63, 3.8) is 0 Å². The van der Waals surface area contributed by atoms with Crippen molar-refractivity contribution in [2.45, 2.75) is 75.6 Å². The van der Waals surface area contributed by atoms with Crippen LogP contribution in [0.2, 0.25) is 0 Å². The molecule has 11 atom stereocenters. The van der Waals surface area contributed by atoms with E-state index in [4.69, 9.17) is 28.4 Å². The van der Waals surface area contributed by atoms with Crippen molar-refractivity contribution >= 4 is 17.9 Å². The van der Waals surface area contributed by atoms with E-state index in [2.05, 4.69) is 0 Å². The maximum atomic E-state index is 12.5. The summed E-state index contributed by atoms with van der Waals surface area (Å²) < 4.78 is 32.0. The Hall–Kier alpha value is -2.33. The minimum absolute atomic E-state index is 0.146. The predicted octanol–water partition coefficient (Wildman–Crippen LogP) is -2.92. The number of rotatable bonds is 6. The third kappa shape index (κ3) is 5.00. The second-order valence-corrected chi connectivity index (χ2v) is 8.78. The number of methoxy groups -OCH3 is 1. The molecule has 3 aliphatic rings. The van der Waals surface area contributed by atoms with Crippen molar-refractivity contribution < 1.29 is 68.3 Å². The van der Waals surface area contributed by atoms with Gasteiger partial charge in [-0.25, -0.2) is 4.79 Å². The maximum Gasteiger partial charge on any atom is 0.337 e. The number of ether oxygens (including phenoxy) is 6. The zero-order chi connectivity index (χ0) is 26.2. The molecule has 2 heterocycles. The molecule has 14 nitrogen and oxygen atoms in total. The third-order valence-corrected chi connectivity index (χ3v) is 6.40. The molecule has 1 saturated carbocycles. The fraction of sp³-hybridized carbons (Fsp3) is 0.762. The Morgan fingerprint density at radius 3 is 2.20 bits per heavy atom. The van der Waals surface area contributed by atoms with Gasteiger partial charge in [0.2, 0.25) is 6.29 Å². The Bertz CT molecular complexity index is 853. The summed E-state index contributed by atoms with van der Waals surface area (Å²) in [6.07, 6.45) is -11.5. The van der Waals surface area contributed by atoms with Crippen LogP contribution in [0.25, 0.3) is 0 Å². The average Bonchev–Trinajstić information content (AvgIpc) is 3.00. The first-order valence-corrected chi connectivity index (χ1v) is 10.8. The SMILES string of the molecule is COC(=O)C1=CO[C@@H](O[C@@H]2O[C@H](CO)[C@@H](O)[C@H](O)[C@H]2O)[C@H]2[C@@H]1[C@H](OC(C)=O)[C@H](OC(C)=O)[C@]2(C)O. The van der Waals surface area contributed by atoms with Crippen molar-refractivity contribution in [3.05, 3.63) is 11.8 Å². The summed E-state index contributed by atoms with van der Waals surface area (Å²) in [4.78, 5) is 36.2. The van der Waals surface area contributed by atoms with Crippen LogP contribution in [0.1, 0.15) is 20.8 Å². The third-order valence-electron chi connectivity index (χ3n) is 6.40. The lowest BCUT2D eigenvalue weighted by atomic mass is 9.80. The summed E-state index contributed by atoms with van der Waals surface area (Å²) in [6.45, 7) is 2.72. The second-order valence-electron chi connectivity index (χ2n) is 8.78. The minimum atomic E-state index is -2.03. The van der Waals surface area contributed by atoms with Crippen LogP contribution in [-0.4, -0.2) is 112 Å². The number of hydrogen-bond donors (Lipinski definition) is 5. The molecule has 0 aromatic heterocycles. The molecule has 0 bridgehead atoms. The van der Waals surface area contributed by atoms with Gasteiger partial charge in [0.15, 0.2) is 12.4 Å². The van der Waals surface area contributed by atoms with Gasteiger partial charge in [-0.3, -0.25) is 9.59 Å². The highest BCUT2D eigenvalue weighted by Crippen LogP contribution is 2.52. The van der Waals surface area contributed by atoms with E-state index in [0.29, 0.717) is 0 Å². The summed E-state index contributed by atoms with van der Waals surface area (Å²) in [5.41, 5.74) is -2.17. The number of aliphatic hydroxyl groups excluding tert-OH is 4. The molecule has 0 amide bonds. The maximum absolute atomic E-state index is 12.5. The zero-order valence-corrected chi connectivity index (χ0v) is 19.5. The lowest BCUT2D eigenvalue weighted by Gasteiger charge is -2.44. The van der Waals surface area contributed by atoms with Crippen molar-refractivity contribution in [2.24, 2.45) is 11.8 Å². The fourth-order valence-electron chi connectivity index (χ4n) is 4.82. The van der Waals surface area contributed by atoms with Crippen LogP contribution in [0.3, 0.4) is 0 Å². The molecule has 3 rings (SSSR count). The van der Waals surface area contributed by atoms with Crippen molar-refractivity contribution in [1.82, 2.24) is 0 Å². The molecule has 14 heteroatoms. The number of fused-ring (bicyclic) bond motifs is 1. The Morgan fingerprint density at radius 2 is 1.66 bits per heavy atom. The van der Waals surface area contributed by atoms with Crippen molar-refractivity contribution in [2.75, 3.05) is 13.7 Å². The van der Waals surface area contributed by atoms with Crippen LogP contribution in [0, 0.1) is 11.8 Å².